The van der Waals surface area contributed by atoms with Crippen molar-refractivity contribution in [3.8, 4) is 0 Å². The van der Waals surface area contributed by atoms with Gasteiger partial charge in [-0.1, -0.05) is 12.1 Å². The lowest BCUT2D eigenvalue weighted by atomic mass is 10.0. The second-order valence-electron chi connectivity index (χ2n) is 5.02. The quantitative estimate of drug-likeness (QED) is 0.805. The average molecular weight is 390 g/mol. The lowest BCUT2D eigenvalue weighted by Gasteiger charge is -2.31. The van der Waals surface area contributed by atoms with E-state index in [-0.39, 0.29) is 24.6 Å². The van der Waals surface area contributed by atoms with Crippen LogP contribution in [0.15, 0.2) is 28.7 Å². The molecule has 5 nitrogen and oxygen atoms in total. The Bertz CT molecular complexity index is 533. The van der Waals surface area contributed by atoms with E-state index >= 15 is 0 Å². The lowest BCUT2D eigenvalue weighted by Crippen LogP contribution is -2.46. The van der Waals surface area contributed by atoms with Gasteiger partial charge in [0.05, 0.1) is 11.4 Å². The molecule has 120 valence electrons. The number of ether oxygens (including phenoxy) is 1. The third-order valence-electron chi connectivity index (χ3n) is 3.51. The first-order valence-corrected chi connectivity index (χ1v) is 8.47. The van der Waals surface area contributed by atoms with Crippen molar-refractivity contribution in [1.82, 2.24) is 10.2 Å². The smallest absolute Gasteiger partial charge is 0.409 e. The number of likely N-dealkylation sites (tertiary alicyclic amines) is 1. The van der Waals surface area contributed by atoms with Crippen LogP contribution < -0.4 is 5.32 Å². The molecule has 1 N–H and O–H groups in total. The van der Waals surface area contributed by atoms with E-state index in [0.29, 0.717) is 37.4 Å². The largest absolute Gasteiger partial charge is 0.448 e. The molecule has 1 aromatic rings. The van der Waals surface area contributed by atoms with Crippen molar-refractivity contribution in [2.75, 3.05) is 25.6 Å². The Morgan fingerprint density at radius 2 is 2.00 bits per heavy atom. The number of carbonyl (C=O) groups excluding carboxylic acids is 2. The van der Waals surface area contributed by atoms with Crippen LogP contribution in [0.5, 0.6) is 0 Å². The number of amides is 2. The first kappa shape index (κ1) is 17.1. The molecule has 0 atom stereocenters. The van der Waals surface area contributed by atoms with E-state index < -0.39 is 0 Å². The van der Waals surface area contributed by atoms with Gasteiger partial charge in [0.15, 0.2) is 0 Å². The van der Waals surface area contributed by atoms with Crippen LogP contribution in [0.3, 0.4) is 0 Å². The van der Waals surface area contributed by atoms with E-state index in [9.17, 15) is 9.59 Å². The van der Waals surface area contributed by atoms with Crippen LogP contribution in [0.2, 0.25) is 0 Å². The van der Waals surface area contributed by atoms with Crippen molar-refractivity contribution in [3.05, 3.63) is 34.3 Å². The van der Waals surface area contributed by atoms with Gasteiger partial charge in [-0.25, -0.2) is 4.79 Å². The Labute approximate surface area is 143 Å². The fourth-order valence-electron chi connectivity index (χ4n) is 2.33. The fraction of sp³-hybridized carbons (Fsp3) is 0.467. The predicted molar refractivity (Wildman–Crippen MR) is 88.3 cm³/mol. The van der Waals surface area contributed by atoms with Gasteiger partial charge in [-0.15, -0.1) is 11.6 Å². The molecule has 7 heteroatoms. The number of rotatable bonds is 4. The Balaban J connectivity index is 1.81. The SMILES string of the molecule is O=C(NC1CCN(C(=O)OCCCl)CC1)c1ccccc1Br. The zero-order chi connectivity index (χ0) is 15.9. The first-order valence-electron chi connectivity index (χ1n) is 7.15. The highest BCUT2D eigenvalue weighted by molar-refractivity contribution is 9.10. The van der Waals surface area contributed by atoms with E-state index in [2.05, 4.69) is 21.2 Å². The first-order chi connectivity index (χ1) is 10.6. The molecule has 0 radical (unpaired) electrons. The molecule has 1 aromatic carbocycles. The van der Waals surface area contributed by atoms with Crippen molar-refractivity contribution in [2.24, 2.45) is 0 Å². The molecule has 2 rings (SSSR count). The standard InChI is InChI=1S/C15H18BrClN2O3/c16-13-4-2-1-3-12(13)14(20)18-11-5-8-19(9-6-11)15(21)22-10-7-17/h1-4,11H,5-10H2,(H,18,20). The van der Waals surface area contributed by atoms with E-state index in [4.69, 9.17) is 16.3 Å². The summed E-state index contributed by atoms with van der Waals surface area (Å²) in [5.41, 5.74) is 0.617. The maximum Gasteiger partial charge on any atom is 0.409 e. The second-order valence-corrected chi connectivity index (χ2v) is 6.25. The molecule has 0 bridgehead atoms. The highest BCUT2D eigenvalue weighted by Crippen LogP contribution is 2.17. The van der Waals surface area contributed by atoms with Crippen molar-refractivity contribution in [2.45, 2.75) is 18.9 Å². The number of alkyl halides is 1. The van der Waals surface area contributed by atoms with Gasteiger partial charge in [-0.2, -0.15) is 0 Å². The van der Waals surface area contributed by atoms with Crippen LogP contribution in [0.4, 0.5) is 4.79 Å². The topological polar surface area (TPSA) is 58.6 Å². The third kappa shape index (κ3) is 4.61. The molecule has 1 fully saturated rings. The number of carbonyl (C=O) groups is 2. The van der Waals surface area contributed by atoms with Gasteiger partial charge in [-0.3, -0.25) is 4.79 Å². The summed E-state index contributed by atoms with van der Waals surface area (Å²) in [5, 5.41) is 3.01. The summed E-state index contributed by atoms with van der Waals surface area (Å²) in [6.07, 6.45) is 1.09. The number of hydrogen-bond donors (Lipinski definition) is 1. The summed E-state index contributed by atoms with van der Waals surface area (Å²) in [6, 6.07) is 7.38. The molecule has 0 aromatic heterocycles. The lowest BCUT2D eigenvalue weighted by molar-refractivity contribution is 0.0861. The number of halogens is 2. The van der Waals surface area contributed by atoms with Crippen LogP contribution >= 0.6 is 27.5 Å². The number of benzene rings is 1. The average Bonchev–Trinajstić information content (AvgIpc) is 2.53. The van der Waals surface area contributed by atoms with Crippen molar-refractivity contribution >= 4 is 39.5 Å². The fourth-order valence-corrected chi connectivity index (χ4v) is 2.87. The summed E-state index contributed by atoms with van der Waals surface area (Å²) in [6.45, 7) is 1.36. The number of hydrogen-bond acceptors (Lipinski definition) is 3. The number of nitrogens with one attached hydrogen (secondary N) is 1. The Hall–Kier alpha value is -1.27. The summed E-state index contributed by atoms with van der Waals surface area (Å²) >= 11 is 8.86. The number of nitrogens with zero attached hydrogens (tertiary/aromatic N) is 1. The Morgan fingerprint density at radius 1 is 1.32 bits per heavy atom. The molecule has 0 aliphatic carbocycles. The number of piperidine rings is 1. The van der Waals surface area contributed by atoms with Gasteiger partial charge < -0.3 is 15.0 Å². The van der Waals surface area contributed by atoms with Gasteiger partial charge in [0.2, 0.25) is 0 Å². The second kappa shape index (κ2) is 8.39. The minimum atomic E-state index is -0.337. The molecule has 1 saturated heterocycles. The molecule has 1 aliphatic rings. The molecule has 1 aliphatic heterocycles. The maximum atomic E-state index is 12.2. The van der Waals surface area contributed by atoms with Gasteiger partial charge >= 0.3 is 6.09 Å². The highest BCUT2D eigenvalue weighted by Gasteiger charge is 2.25. The minimum absolute atomic E-state index is 0.0664. The summed E-state index contributed by atoms with van der Waals surface area (Å²) in [5.74, 6) is 0.195. The molecule has 1 heterocycles. The minimum Gasteiger partial charge on any atom is -0.448 e. The summed E-state index contributed by atoms with van der Waals surface area (Å²) in [7, 11) is 0. The van der Waals surface area contributed by atoms with E-state index in [0.717, 1.165) is 4.47 Å². The van der Waals surface area contributed by atoms with E-state index in [1.165, 1.54) is 0 Å². The molecule has 2 amide bonds. The molecule has 0 unspecified atom stereocenters. The van der Waals surface area contributed by atoms with Crippen molar-refractivity contribution in [1.29, 1.82) is 0 Å². The van der Waals surface area contributed by atoms with Gasteiger partial charge in [-0.05, 0) is 40.9 Å². The van der Waals surface area contributed by atoms with Crippen molar-refractivity contribution in [3.63, 3.8) is 0 Å². The van der Waals surface area contributed by atoms with Gasteiger partial charge in [0.25, 0.3) is 5.91 Å². The van der Waals surface area contributed by atoms with Crippen LogP contribution in [0.25, 0.3) is 0 Å². The maximum absolute atomic E-state index is 12.2. The van der Waals surface area contributed by atoms with E-state index in [1.54, 1.807) is 11.0 Å². The van der Waals surface area contributed by atoms with Crippen LogP contribution in [0, 0.1) is 0 Å². The highest BCUT2D eigenvalue weighted by atomic mass is 79.9. The van der Waals surface area contributed by atoms with Crippen LogP contribution in [0.1, 0.15) is 23.2 Å². The van der Waals surface area contributed by atoms with Crippen molar-refractivity contribution < 1.29 is 14.3 Å². The molecular formula is C15H18BrClN2O3. The summed E-state index contributed by atoms with van der Waals surface area (Å²) < 4.78 is 5.77. The Kier molecular flexibility index (Phi) is 6.51. The van der Waals surface area contributed by atoms with E-state index in [1.807, 2.05) is 18.2 Å². The molecular weight excluding hydrogens is 372 g/mol. The van der Waals surface area contributed by atoms with Crippen LogP contribution in [-0.4, -0.2) is 48.5 Å². The predicted octanol–water partition coefficient (Wildman–Crippen LogP) is 3.02. The Morgan fingerprint density at radius 3 is 2.64 bits per heavy atom. The monoisotopic (exact) mass is 388 g/mol. The van der Waals surface area contributed by atoms with Gasteiger partial charge in [0, 0.05) is 23.6 Å². The molecule has 22 heavy (non-hydrogen) atoms. The molecule has 0 spiro atoms. The molecule has 0 saturated carbocycles. The zero-order valence-electron chi connectivity index (χ0n) is 12.1. The van der Waals surface area contributed by atoms with Gasteiger partial charge in [0.1, 0.15) is 6.61 Å². The normalized spacial score (nSPS) is 15.5. The van der Waals surface area contributed by atoms with Crippen LogP contribution in [-0.2, 0) is 4.74 Å². The third-order valence-corrected chi connectivity index (χ3v) is 4.36. The summed E-state index contributed by atoms with van der Waals surface area (Å²) in [4.78, 5) is 25.6. The zero-order valence-corrected chi connectivity index (χ0v) is 14.4.